The molecule has 0 saturated heterocycles. The second kappa shape index (κ2) is 7.67. The van der Waals surface area contributed by atoms with E-state index in [1.807, 2.05) is 13.8 Å². The fourth-order valence-electron chi connectivity index (χ4n) is 2.55. The van der Waals surface area contributed by atoms with Crippen LogP contribution in [0.25, 0.3) is 0 Å². The number of benzene rings is 2. The van der Waals surface area contributed by atoms with Crippen molar-refractivity contribution in [3.05, 3.63) is 63.6 Å². The molecule has 0 spiro atoms. The van der Waals surface area contributed by atoms with Crippen LogP contribution in [0.15, 0.2) is 42.5 Å². The Morgan fingerprint density at radius 2 is 1.64 bits per heavy atom. The highest BCUT2D eigenvalue weighted by molar-refractivity contribution is 6.31. The van der Waals surface area contributed by atoms with Crippen LogP contribution in [-0.4, -0.2) is 5.91 Å². The number of anilines is 1. The number of carbonyl (C=O) groups is 1. The van der Waals surface area contributed by atoms with Gasteiger partial charge >= 0.3 is 6.18 Å². The molecule has 0 heterocycles. The van der Waals surface area contributed by atoms with Gasteiger partial charge in [0.05, 0.1) is 16.5 Å². The van der Waals surface area contributed by atoms with Crippen LogP contribution < -0.4 is 5.32 Å². The van der Waals surface area contributed by atoms with Crippen molar-refractivity contribution in [1.29, 1.82) is 0 Å². The van der Waals surface area contributed by atoms with E-state index in [9.17, 15) is 18.0 Å². The van der Waals surface area contributed by atoms with Crippen LogP contribution in [0.2, 0.25) is 10.0 Å². The van der Waals surface area contributed by atoms with Gasteiger partial charge in [0, 0.05) is 10.7 Å². The summed E-state index contributed by atoms with van der Waals surface area (Å²) >= 11 is 11.5. The number of halogens is 5. The van der Waals surface area contributed by atoms with Crippen molar-refractivity contribution in [3.8, 4) is 0 Å². The molecular weight excluding hydrogens is 374 g/mol. The third-order valence-electron chi connectivity index (χ3n) is 3.72. The topological polar surface area (TPSA) is 29.1 Å². The molecule has 0 bridgehead atoms. The van der Waals surface area contributed by atoms with Crippen LogP contribution >= 0.6 is 23.2 Å². The Morgan fingerprint density at radius 3 is 2.16 bits per heavy atom. The maximum absolute atomic E-state index is 12.9. The molecule has 0 aromatic heterocycles. The van der Waals surface area contributed by atoms with E-state index in [0.29, 0.717) is 5.02 Å². The molecule has 1 N–H and O–H groups in total. The fourth-order valence-corrected chi connectivity index (χ4v) is 2.90. The zero-order chi connectivity index (χ0) is 18.8. The fraction of sp³-hybridized carbons (Fsp3) is 0.278. The maximum atomic E-state index is 12.9. The first-order valence-corrected chi connectivity index (χ1v) is 8.28. The molecule has 0 aliphatic heterocycles. The minimum Gasteiger partial charge on any atom is -0.326 e. The molecule has 0 saturated carbocycles. The van der Waals surface area contributed by atoms with Crippen molar-refractivity contribution in [2.45, 2.75) is 25.9 Å². The van der Waals surface area contributed by atoms with Gasteiger partial charge in [-0.05, 0) is 41.8 Å². The van der Waals surface area contributed by atoms with E-state index in [-0.39, 0.29) is 11.6 Å². The van der Waals surface area contributed by atoms with Crippen LogP contribution in [0.3, 0.4) is 0 Å². The lowest BCUT2D eigenvalue weighted by molar-refractivity contribution is -0.137. The molecule has 0 unspecified atom stereocenters. The molecular formula is C18H16Cl2F3NO. The predicted molar refractivity (Wildman–Crippen MR) is 94.1 cm³/mol. The minimum atomic E-state index is -4.59. The number of rotatable bonds is 4. The van der Waals surface area contributed by atoms with Crippen molar-refractivity contribution < 1.29 is 18.0 Å². The molecule has 0 radical (unpaired) electrons. The van der Waals surface area contributed by atoms with E-state index >= 15 is 0 Å². The van der Waals surface area contributed by atoms with Gasteiger partial charge in [-0.3, -0.25) is 4.79 Å². The van der Waals surface area contributed by atoms with Gasteiger partial charge in [0.25, 0.3) is 0 Å². The Morgan fingerprint density at radius 1 is 1.04 bits per heavy atom. The zero-order valence-corrected chi connectivity index (χ0v) is 15.0. The number of alkyl halides is 3. The molecule has 1 amide bonds. The van der Waals surface area contributed by atoms with Crippen LogP contribution in [0.5, 0.6) is 0 Å². The molecule has 7 heteroatoms. The highest BCUT2D eigenvalue weighted by atomic mass is 35.5. The average Bonchev–Trinajstić information content (AvgIpc) is 2.50. The molecule has 0 aliphatic rings. The summed E-state index contributed by atoms with van der Waals surface area (Å²) in [6, 6.07) is 10.1. The summed E-state index contributed by atoms with van der Waals surface area (Å²) in [7, 11) is 0. The lowest BCUT2D eigenvalue weighted by atomic mass is 9.87. The first-order chi connectivity index (χ1) is 11.6. The van der Waals surface area contributed by atoms with E-state index in [0.717, 1.165) is 17.7 Å². The Balaban J connectivity index is 2.29. The summed E-state index contributed by atoms with van der Waals surface area (Å²) in [6.45, 7) is 3.73. The van der Waals surface area contributed by atoms with Gasteiger partial charge in [-0.15, -0.1) is 0 Å². The summed E-state index contributed by atoms with van der Waals surface area (Å²) in [4.78, 5) is 12.6. The first-order valence-electron chi connectivity index (χ1n) is 7.52. The lowest BCUT2D eigenvalue weighted by Crippen LogP contribution is -2.25. The van der Waals surface area contributed by atoms with Gasteiger partial charge in [0.2, 0.25) is 5.91 Å². The van der Waals surface area contributed by atoms with E-state index in [1.165, 1.54) is 6.07 Å². The van der Waals surface area contributed by atoms with Crippen LogP contribution in [-0.2, 0) is 11.0 Å². The number of hydrogen-bond donors (Lipinski definition) is 1. The normalized spacial score (nSPS) is 13.0. The second-order valence-electron chi connectivity index (χ2n) is 5.95. The Bertz CT molecular complexity index is 758. The van der Waals surface area contributed by atoms with E-state index in [4.69, 9.17) is 23.2 Å². The smallest absolute Gasteiger partial charge is 0.326 e. The van der Waals surface area contributed by atoms with Gasteiger partial charge in [-0.2, -0.15) is 13.2 Å². The van der Waals surface area contributed by atoms with Crippen molar-refractivity contribution in [2.75, 3.05) is 5.32 Å². The zero-order valence-electron chi connectivity index (χ0n) is 13.5. The Hall–Kier alpha value is -1.72. The number of carbonyl (C=O) groups excluding carboxylic acids is 1. The molecule has 2 nitrogen and oxygen atoms in total. The molecule has 1 atom stereocenters. The monoisotopic (exact) mass is 389 g/mol. The second-order valence-corrected chi connectivity index (χ2v) is 6.80. The largest absolute Gasteiger partial charge is 0.417 e. The number of amides is 1. The lowest BCUT2D eigenvalue weighted by Gasteiger charge is -2.21. The van der Waals surface area contributed by atoms with E-state index in [1.54, 1.807) is 24.3 Å². The predicted octanol–water partition coefficient (Wildman–Crippen LogP) is 6.39. The summed E-state index contributed by atoms with van der Waals surface area (Å²) < 4.78 is 38.8. The molecule has 2 rings (SSSR count). The van der Waals surface area contributed by atoms with Gasteiger partial charge in [0.15, 0.2) is 0 Å². The summed E-state index contributed by atoms with van der Waals surface area (Å²) in [5.74, 6) is -0.981. The standard InChI is InChI=1S/C18H16Cl2F3NO/c1-10(2)16(11-3-5-12(19)6-4-11)17(25)24-13-7-8-15(20)14(9-13)18(21,22)23/h3-10,16H,1-2H3,(H,24,25)/t16-/m0/s1. The summed E-state index contributed by atoms with van der Waals surface area (Å²) in [5.41, 5.74) is -0.206. The molecule has 25 heavy (non-hydrogen) atoms. The van der Waals surface area contributed by atoms with E-state index < -0.39 is 28.6 Å². The van der Waals surface area contributed by atoms with E-state index in [2.05, 4.69) is 5.32 Å². The third kappa shape index (κ3) is 4.89. The maximum Gasteiger partial charge on any atom is 0.417 e. The quantitative estimate of drug-likeness (QED) is 0.644. The van der Waals surface area contributed by atoms with Gasteiger partial charge in [0.1, 0.15) is 0 Å². The number of hydrogen-bond acceptors (Lipinski definition) is 1. The molecule has 0 aliphatic carbocycles. The SMILES string of the molecule is CC(C)[C@H](C(=O)Nc1ccc(Cl)c(C(F)(F)F)c1)c1ccc(Cl)cc1. The number of nitrogens with one attached hydrogen (secondary N) is 1. The molecule has 0 fully saturated rings. The van der Waals surface area contributed by atoms with Crippen molar-refractivity contribution in [3.63, 3.8) is 0 Å². The summed E-state index contributed by atoms with van der Waals surface area (Å²) in [5, 5.41) is 2.67. The highest BCUT2D eigenvalue weighted by Gasteiger charge is 2.33. The van der Waals surface area contributed by atoms with Crippen molar-refractivity contribution in [1.82, 2.24) is 0 Å². The van der Waals surface area contributed by atoms with Gasteiger partial charge in [-0.1, -0.05) is 49.2 Å². The minimum absolute atomic E-state index is 0.0429. The van der Waals surface area contributed by atoms with Crippen molar-refractivity contribution >= 4 is 34.8 Å². The van der Waals surface area contributed by atoms with Gasteiger partial charge < -0.3 is 5.32 Å². The van der Waals surface area contributed by atoms with Crippen LogP contribution in [0, 0.1) is 5.92 Å². The molecule has 2 aromatic rings. The van der Waals surface area contributed by atoms with Gasteiger partial charge in [-0.25, -0.2) is 0 Å². The Kier molecular flexibility index (Phi) is 6.01. The average molecular weight is 390 g/mol. The van der Waals surface area contributed by atoms with Crippen LogP contribution in [0.4, 0.5) is 18.9 Å². The molecule has 2 aromatic carbocycles. The first kappa shape index (κ1) is 19.6. The van der Waals surface area contributed by atoms with Crippen molar-refractivity contribution in [2.24, 2.45) is 5.92 Å². The third-order valence-corrected chi connectivity index (χ3v) is 4.30. The van der Waals surface area contributed by atoms with Crippen LogP contribution in [0.1, 0.15) is 30.9 Å². The Labute approximate surface area is 153 Å². The molecule has 134 valence electrons. The summed E-state index contributed by atoms with van der Waals surface area (Å²) in [6.07, 6.45) is -4.59. The highest BCUT2D eigenvalue weighted by Crippen LogP contribution is 2.36.